The number of amides is 4. The Morgan fingerprint density at radius 1 is 0.790 bits per heavy atom. The molecular weight excluding hydrogens is 789 g/mol. The predicted octanol–water partition coefficient (Wildman–Crippen LogP) is 6.09. The number of carbonyl (C=O) groups is 4. The third kappa shape index (κ3) is 7.84. The molecule has 2 fully saturated rings. The molecule has 9 rings (SSSR count). The van der Waals surface area contributed by atoms with Crippen LogP contribution in [0.5, 0.6) is 0 Å². The van der Waals surface area contributed by atoms with Crippen LogP contribution in [0, 0.1) is 5.92 Å². The van der Waals surface area contributed by atoms with Crippen LogP contribution < -0.4 is 10.6 Å². The summed E-state index contributed by atoms with van der Waals surface area (Å²) in [6.07, 6.45) is 7.86. The van der Waals surface area contributed by atoms with E-state index in [0.29, 0.717) is 30.1 Å². The summed E-state index contributed by atoms with van der Waals surface area (Å²) in [7, 11) is 1.28. The SMILES string of the molecule is COC(=O)N[C@H](C(=O)N1CCC[C@H]1c1ncc(-c2ccc(-c3cnc4cc(-c5cnc([C@@H]6CCCN6C(=O)CNC(=O)c6n[nH]c7ccccc67)[nH]5)ccc4n3)cc2)[nH]1)C(C)C. The Labute approximate surface area is 356 Å². The average molecular weight is 835 g/mol. The first-order valence-electron chi connectivity index (χ1n) is 20.8. The van der Waals surface area contributed by atoms with Gasteiger partial charge in [0.2, 0.25) is 11.8 Å². The summed E-state index contributed by atoms with van der Waals surface area (Å²) < 4.78 is 4.76. The molecule has 0 radical (unpaired) electrons. The van der Waals surface area contributed by atoms with Crippen molar-refractivity contribution in [1.82, 2.24) is 60.5 Å². The van der Waals surface area contributed by atoms with Crippen LogP contribution in [0.4, 0.5) is 4.79 Å². The fourth-order valence-electron chi connectivity index (χ4n) is 8.46. The molecular formula is C45H46N12O5. The van der Waals surface area contributed by atoms with Gasteiger partial charge in [-0.15, -0.1) is 0 Å². The number of para-hydroxylation sites is 1. The van der Waals surface area contributed by atoms with Crippen molar-refractivity contribution in [1.29, 1.82) is 0 Å². The van der Waals surface area contributed by atoms with E-state index in [1.165, 1.54) is 7.11 Å². The molecule has 7 aromatic rings. The summed E-state index contributed by atoms with van der Waals surface area (Å²) in [4.78, 5) is 81.2. The molecule has 0 spiro atoms. The summed E-state index contributed by atoms with van der Waals surface area (Å²) in [6, 6.07) is 20.1. The molecule has 17 nitrogen and oxygen atoms in total. The highest BCUT2D eigenvalue weighted by atomic mass is 16.5. The number of fused-ring (bicyclic) bond motifs is 2. The van der Waals surface area contributed by atoms with Gasteiger partial charge >= 0.3 is 6.09 Å². The number of rotatable bonds is 11. The zero-order valence-corrected chi connectivity index (χ0v) is 34.5. The number of hydrogen-bond acceptors (Lipinski definition) is 10. The Balaban J connectivity index is 0.839. The third-order valence-corrected chi connectivity index (χ3v) is 11.8. The highest BCUT2D eigenvalue weighted by molar-refractivity contribution is 6.05. The standard InChI is InChI=1S/C45H46N12O5/c1-25(2)39(53-45(61)62-3)44(60)57-19-7-11-37(57)42-47-22-34(51-42)27-14-12-26(13-15-27)33-21-46-32-20-28(16-17-31(32)50-33)35-23-48-41(52-35)36-10-6-18-56(36)38(58)24-49-43(59)40-29-8-4-5-9-30(29)54-55-40/h4-5,8-9,12-17,20-23,25,36-37,39H,6-7,10-11,18-19,24H2,1-3H3,(H,47,51)(H,48,52)(H,49,59)(H,53,61)(H,54,55)/t36-,37-,39-/m0/s1. The number of carbonyl (C=O) groups excluding carboxylic acids is 4. The van der Waals surface area contributed by atoms with Crippen LogP contribution in [0.3, 0.4) is 0 Å². The molecule has 62 heavy (non-hydrogen) atoms. The van der Waals surface area contributed by atoms with Crippen LogP contribution in [0.25, 0.3) is 55.7 Å². The number of aromatic amines is 3. The summed E-state index contributed by atoms with van der Waals surface area (Å²) >= 11 is 0. The first-order chi connectivity index (χ1) is 30.1. The molecule has 4 amide bonds. The smallest absolute Gasteiger partial charge is 0.407 e. The Morgan fingerprint density at radius 3 is 2.18 bits per heavy atom. The van der Waals surface area contributed by atoms with Crippen LogP contribution in [-0.4, -0.2) is 107 Å². The zero-order valence-electron chi connectivity index (χ0n) is 34.5. The first kappa shape index (κ1) is 40.0. The van der Waals surface area contributed by atoms with E-state index >= 15 is 0 Å². The molecule has 0 saturated carbocycles. The molecule has 316 valence electrons. The predicted molar refractivity (Wildman–Crippen MR) is 230 cm³/mol. The molecule has 0 aliphatic carbocycles. The number of H-pyrrole nitrogens is 3. The summed E-state index contributed by atoms with van der Waals surface area (Å²) in [5.74, 6) is 0.530. The molecule has 3 atom stereocenters. The van der Waals surface area contributed by atoms with Gasteiger partial charge < -0.3 is 35.1 Å². The van der Waals surface area contributed by atoms with Gasteiger partial charge in [0.25, 0.3) is 5.91 Å². The van der Waals surface area contributed by atoms with E-state index in [4.69, 9.17) is 14.7 Å². The Bertz CT molecular complexity index is 2790. The van der Waals surface area contributed by atoms with Crippen molar-refractivity contribution in [3.8, 4) is 33.8 Å². The lowest BCUT2D eigenvalue weighted by atomic mass is 10.0. The van der Waals surface area contributed by atoms with Crippen LogP contribution >= 0.6 is 0 Å². The normalized spacial score (nSPS) is 16.9. The number of methoxy groups -OCH3 is 1. The van der Waals surface area contributed by atoms with Crippen molar-refractivity contribution in [3.63, 3.8) is 0 Å². The first-order valence-corrected chi connectivity index (χ1v) is 20.8. The van der Waals surface area contributed by atoms with Gasteiger partial charge in [-0.05, 0) is 55.4 Å². The lowest BCUT2D eigenvalue weighted by molar-refractivity contribution is -0.135. The number of likely N-dealkylation sites (tertiary alicyclic amines) is 2. The molecule has 2 aliphatic rings. The van der Waals surface area contributed by atoms with Crippen molar-refractivity contribution in [2.75, 3.05) is 26.7 Å². The Hall–Kier alpha value is -7.43. The molecule has 4 aromatic heterocycles. The number of ether oxygens (including phenoxy) is 1. The van der Waals surface area contributed by atoms with Crippen molar-refractivity contribution in [2.24, 2.45) is 5.92 Å². The quantitative estimate of drug-likeness (QED) is 0.101. The highest BCUT2D eigenvalue weighted by Gasteiger charge is 2.38. The van der Waals surface area contributed by atoms with Gasteiger partial charge in [0.15, 0.2) is 5.69 Å². The molecule has 17 heteroatoms. The number of aromatic nitrogens is 8. The summed E-state index contributed by atoms with van der Waals surface area (Å²) in [5.41, 5.74) is 7.55. The topological polar surface area (TPSA) is 220 Å². The number of benzene rings is 3. The average Bonchev–Trinajstić information content (AvgIpc) is 4.15. The number of nitrogens with one attached hydrogen (secondary N) is 5. The van der Waals surface area contributed by atoms with Crippen molar-refractivity contribution in [3.05, 3.63) is 103 Å². The van der Waals surface area contributed by atoms with E-state index in [1.807, 2.05) is 80.6 Å². The summed E-state index contributed by atoms with van der Waals surface area (Å²) in [5, 5.41) is 13.1. The van der Waals surface area contributed by atoms with Crippen molar-refractivity contribution in [2.45, 2.75) is 57.7 Å². The second-order valence-corrected chi connectivity index (χ2v) is 16.0. The van der Waals surface area contributed by atoms with Crippen LogP contribution in [0.1, 0.15) is 73.8 Å². The molecule has 3 aromatic carbocycles. The van der Waals surface area contributed by atoms with Gasteiger partial charge in [-0.1, -0.05) is 62.4 Å². The van der Waals surface area contributed by atoms with E-state index in [9.17, 15) is 19.2 Å². The zero-order chi connectivity index (χ0) is 42.9. The fourth-order valence-corrected chi connectivity index (χ4v) is 8.46. The minimum absolute atomic E-state index is 0.116. The number of nitrogens with zero attached hydrogens (tertiary/aromatic N) is 7. The van der Waals surface area contributed by atoms with E-state index in [-0.39, 0.29) is 42.1 Å². The van der Waals surface area contributed by atoms with Gasteiger partial charge in [0.1, 0.15) is 17.7 Å². The number of hydrogen-bond donors (Lipinski definition) is 5. The van der Waals surface area contributed by atoms with E-state index in [1.54, 1.807) is 28.4 Å². The lowest BCUT2D eigenvalue weighted by Crippen LogP contribution is -2.51. The van der Waals surface area contributed by atoms with Crippen molar-refractivity contribution >= 4 is 45.8 Å². The molecule has 2 aliphatic heterocycles. The second-order valence-electron chi connectivity index (χ2n) is 16.0. The largest absolute Gasteiger partial charge is 0.453 e. The maximum absolute atomic E-state index is 13.6. The van der Waals surface area contributed by atoms with Gasteiger partial charge in [0, 0.05) is 29.6 Å². The molecule has 2 saturated heterocycles. The Morgan fingerprint density at radius 2 is 1.45 bits per heavy atom. The maximum atomic E-state index is 13.6. The second kappa shape index (κ2) is 16.9. The molecule has 5 N–H and O–H groups in total. The van der Waals surface area contributed by atoms with Crippen LogP contribution in [0.15, 0.2) is 85.3 Å². The minimum atomic E-state index is -0.700. The fraction of sp³-hybridized carbons (Fsp3) is 0.311. The van der Waals surface area contributed by atoms with E-state index in [0.717, 1.165) is 76.0 Å². The van der Waals surface area contributed by atoms with Gasteiger partial charge in [0.05, 0.1) is 78.0 Å². The maximum Gasteiger partial charge on any atom is 0.407 e. The highest BCUT2D eigenvalue weighted by Crippen LogP contribution is 2.34. The third-order valence-electron chi connectivity index (χ3n) is 11.8. The van der Waals surface area contributed by atoms with Crippen LogP contribution in [-0.2, 0) is 14.3 Å². The molecule has 6 heterocycles. The monoisotopic (exact) mass is 834 g/mol. The van der Waals surface area contributed by atoms with Gasteiger partial charge in [-0.25, -0.2) is 19.7 Å². The van der Waals surface area contributed by atoms with E-state index < -0.39 is 18.0 Å². The Kier molecular flexibility index (Phi) is 10.9. The van der Waals surface area contributed by atoms with Crippen LogP contribution in [0.2, 0.25) is 0 Å². The molecule has 0 unspecified atom stereocenters. The van der Waals surface area contributed by atoms with E-state index in [2.05, 4.69) is 40.8 Å². The number of alkyl carbamates (subject to hydrolysis) is 1. The van der Waals surface area contributed by atoms with Gasteiger partial charge in [-0.2, -0.15) is 5.10 Å². The van der Waals surface area contributed by atoms with Crippen molar-refractivity contribution < 1.29 is 23.9 Å². The number of imidazole rings is 2. The molecule has 0 bridgehead atoms. The minimum Gasteiger partial charge on any atom is -0.453 e. The summed E-state index contributed by atoms with van der Waals surface area (Å²) in [6.45, 7) is 4.80. The van der Waals surface area contributed by atoms with Gasteiger partial charge in [-0.3, -0.25) is 24.5 Å². The lowest BCUT2D eigenvalue weighted by Gasteiger charge is -2.30.